The second-order valence-corrected chi connectivity index (χ2v) is 3.67. The lowest BCUT2D eigenvalue weighted by Gasteiger charge is -2.00. The molecule has 0 atom stereocenters. The Morgan fingerprint density at radius 1 is 1.61 bits per heavy atom. The number of carbonyl (C=O) groups excluding carboxylic acids is 1. The van der Waals surface area contributed by atoms with Gasteiger partial charge in [-0.3, -0.25) is 14.9 Å². The molecule has 0 saturated heterocycles. The molecule has 0 aliphatic heterocycles. The Bertz CT molecular complexity index is 516. The van der Waals surface area contributed by atoms with Crippen molar-refractivity contribution >= 4 is 29.3 Å². The van der Waals surface area contributed by atoms with Crippen molar-refractivity contribution in [3.63, 3.8) is 0 Å². The molecule has 0 N–H and O–H groups in total. The maximum atomic E-state index is 13.3. The van der Waals surface area contributed by atoms with Gasteiger partial charge in [0, 0.05) is 6.07 Å². The normalized spacial score (nSPS) is 10.6. The predicted octanol–water partition coefficient (Wildman–Crippen LogP) is 2.96. The Morgan fingerprint density at radius 2 is 2.28 bits per heavy atom. The third-order valence-corrected chi connectivity index (χ3v) is 2.40. The van der Waals surface area contributed by atoms with Crippen LogP contribution in [0.3, 0.4) is 0 Å². The summed E-state index contributed by atoms with van der Waals surface area (Å²) in [4.78, 5) is 20.4. The number of hydrogen-bond donors (Lipinski definition) is 0. The molecule has 0 amide bonds. The van der Waals surface area contributed by atoms with Gasteiger partial charge in [-0.2, -0.15) is 4.39 Å². The fourth-order valence-corrected chi connectivity index (χ4v) is 1.41. The average Bonchev–Trinajstić information content (AvgIpc) is 2.32. The maximum absolute atomic E-state index is 13.3. The standard InChI is InChI=1S/C11H9ClFNO4/c1-18-11(15)4-2-3-7-5-9(13)10(14(16)17)6-8(7)12/h2-3,5-6H,4H2,1H3. The minimum Gasteiger partial charge on any atom is -0.469 e. The van der Waals surface area contributed by atoms with Gasteiger partial charge in [0.15, 0.2) is 0 Å². The van der Waals surface area contributed by atoms with Gasteiger partial charge in [-0.25, -0.2) is 0 Å². The van der Waals surface area contributed by atoms with Crippen molar-refractivity contribution in [1.29, 1.82) is 0 Å². The second-order valence-electron chi connectivity index (χ2n) is 3.26. The Balaban J connectivity index is 2.95. The quantitative estimate of drug-likeness (QED) is 0.480. The smallest absolute Gasteiger partial charge is 0.309 e. The lowest BCUT2D eigenvalue weighted by molar-refractivity contribution is -0.387. The zero-order valence-electron chi connectivity index (χ0n) is 9.35. The molecule has 1 aromatic rings. The topological polar surface area (TPSA) is 69.4 Å². The van der Waals surface area contributed by atoms with Crippen LogP contribution >= 0.6 is 11.6 Å². The van der Waals surface area contributed by atoms with E-state index in [1.54, 1.807) is 0 Å². The van der Waals surface area contributed by atoms with Crippen molar-refractivity contribution in [3.05, 3.63) is 44.7 Å². The van der Waals surface area contributed by atoms with E-state index >= 15 is 0 Å². The SMILES string of the molecule is COC(=O)CC=Cc1cc(F)c([N+](=O)[O-])cc1Cl. The van der Waals surface area contributed by atoms with Gasteiger partial charge in [-0.05, 0) is 11.6 Å². The van der Waals surface area contributed by atoms with Gasteiger partial charge in [0.2, 0.25) is 5.82 Å². The molecular weight excluding hydrogens is 265 g/mol. The van der Waals surface area contributed by atoms with Crippen molar-refractivity contribution in [2.45, 2.75) is 6.42 Å². The Labute approximate surface area is 107 Å². The summed E-state index contributed by atoms with van der Waals surface area (Å²) in [7, 11) is 1.24. The summed E-state index contributed by atoms with van der Waals surface area (Å²) in [6.07, 6.45) is 2.83. The van der Waals surface area contributed by atoms with Gasteiger partial charge >= 0.3 is 11.7 Å². The van der Waals surface area contributed by atoms with E-state index in [1.807, 2.05) is 0 Å². The largest absolute Gasteiger partial charge is 0.469 e. The fourth-order valence-electron chi connectivity index (χ4n) is 1.18. The zero-order chi connectivity index (χ0) is 13.7. The molecule has 0 unspecified atom stereocenters. The van der Waals surface area contributed by atoms with Crippen LogP contribution in [0.2, 0.25) is 5.02 Å². The second kappa shape index (κ2) is 6.11. The Hall–Kier alpha value is -1.95. The Morgan fingerprint density at radius 3 is 2.83 bits per heavy atom. The van der Waals surface area contributed by atoms with Crippen LogP contribution < -0.4 is 0 Å². The van der Waals surface area contributed by atoms with Gasteiger partial charge in [0.05, 0.1) is 23.5 Å². The molecule has 0 bridgehead atoms. The number of esters is 1. The summed E-state index contributed by atoms with van der Waals surface area (Å²) in [5.41, 5.74) is -0.436. The van der Waals surface area contributed by atoms with Gasteiger partial charge in [0.1, 0.15) is 0 Å². The summed E-state index contributed by atoms with van der Waals surface area (Å²) in [6.45, 7) is 0. The molecule has 5 nitrogen and oxygen atoms in total. The minimum atomic E-state index is -0.984. The van der Waals surface area contributed by atoms with Crippen molar-refractivity contribution in [3.8, 4) is 0 Å². The predicted molar refractivity (Wildman–Crippen MR) is 63.7 cm³/mol. The summed E-state index contributed by atoms with van der Waals surface area (Å²) in [5.74, 6) is -1.44. The van der Waals surface area contributed by atoms with Crippen LogP contribution in [0, 0.1) is 15.9 Å². The van der Waals surface area contributed by atoms with Crippen LogP contribution in [0.15, 0.2) is 18.2 Å². The third-order valence-electron chi connectivity index (χ3n) is 2.07. The molecule has 18 heavy (non-hydrogen) atoms. The number of nitro groups is 1. The molecule has 7 heteroatoms. The zero-order valence-corrected chi connectivity index (χ0v) is 10.1. The summed E-state index contributed by atoms with van der Waals surface area (Å²) < 4.78 is 17.7. The highest BCUT2D eigenvalue weighted by molar-refractivity contribution is 6.32. The van der Waals surface area contributed by atoms with Crippen LogP contribution in [0.5, 0.6) is 0 Å². The van der Waals surface area contributed by atoms with Crippen molar-refractivity contribution in [1.82, 2.24) is 0 Å². The number of methoxy groups -OCH3 is 1. The first-order valence-electron chi connectivity index (χ1n) is 4.82. The first kappa shape index (κ1) is 14.1. The minimum absolute atomic E-state index is 0.00539. The average molecular weight is 274 g/mol. The molecular formula is C11H9ClFNO4. The van der Waals surface area contributed by atoms with Crippen LogP contribution in [0.4, 0.5) is 10.1 Å². The van der Waals surface area contributed by atoms with Crippen LogP contribution in [0.1, 0.15) is 12.0 Å². The van der Waals surface area contributed by atoms with Crippen LogP contribution in [-0.4, -0.2) is 18.0 Å². The molecule has 0 heterocycles. The Kier molecular flexibility index (Phi) is 4.79. The molecule has 0 aliphatic carbocycles. The van der Waals surface area contributed by atoms with Crippen LogP contribution in [0.25, 0.3) is 6.08 Å². The number of nitro benzene ring substituents is 1. The highest BCUT2D eigenvalue weighted by Gasteiger charge is 2.16. The summed E-state index contributed by atoms with van der Waals surface area (Å²) in [6, 6.07) is 1.86. The molecule has 0 spiro atoms. The molecule has 0 aromatic heterocycles. The lowest BCUT2D eigenvalue weighted by atomic mass is 10.1. The lowest BCUT2D eigenvalue weighted by Crippen LogP contribution is -1.97. The molecule has 0 saturated carbocycles. The molecule has 96 valence electrons. The molecule has 1 rings (SSSR count). The van der Waals surface area contributed by atoms with Crippen molar-refractivity contribution < 1.29 is 18.8 Å². The van der Waals surface area contributed by atoms with E-state index in [9.17, 15) is 19.3 Å². The number of nitrogens with zero attached hydrogens (tertiary/aromatic N) is 1. The number of carbonyl (C=O) groups is 1. The van der Waals surface area contributed by atoms with Gasteiger partial charge < -0.3 is 4.74 Å². The van der Waals surface area contributed by atoms with Crippen LogP contribution in [-0.2, 0) is 9.53 Å². The maximum Gasteiger partial charge on any atom is 0.309 e. The van der Waals surface area contributed by atoms with E-state index in [1.165, 1.54) is 19.3 Å². The van der Waals surface area contributed by atoms with Gasteiger partial charge in [-0.1, -0.05) is 23.8 Å². The van der Waals surface area contributed by atoms with E-state index in [0.29, 0.717) is 0 Å². The van der Waals surface area contributed by atoms with Crippen molar-refractivity contribution in [2.75, 3.05) is 7.11 Å². The number of halogens is 2. The number of hydrogen-bond acceptors (Lipinski definition) is 4. The van der Waals surface area contributed by atoms with Crippen molar-refractivity contribution in [2.24, 2.45) is 0 Å². The summed E-state index contributed by atoms with van der Waals surface area (Å²) in [5, 5.41) is 10.5. The monoisotopic (exact) mass is 273 g/mol. The fraction of sp³-hybridized carbons (Fsp3) is 0.182. The highest BCUT2D eigenvalue weighted by atomic mass is 35.5. The first-order valence-corrected chi connectivity index (χ1v) is 5.20. The molecule has 0 fully saturated rings. The molecule has 0 radical (unpaired) electrons. The van der Waals surface area contributed by atoms with E-state index in [4.69, 9.17) is 11.6 Å². The number of benzene rings is 1. The van der Waals surface area contributed by atoms with Gasteiger partial charge in [-0.15, -0.1) is 0 Å². The van der Waals surface area contributed by atoms with E-state index < -0.39 is 22.4 Å². The van der Waals surface area contributed by atoms with Gasteiger partial charge in [0.25, 0.3) is 0 Å². The molecule has 0 aliphatic rings. The molecule has 1 aromatic carbocycles. The summed E-state index contributed by atoms with van der Waals surface area (Å²) >= 11 is 5.76. The van der Waals surface area contributed by atoms with E-state index in [2.05, 4.69) is 4.74 Å². The third kappa shape index (κ3) is 3.53. The number of rotatable bonds is 4. The first-order chi connectivity index (χ1) is 8.45. The van der Waals surface area contributed by atoms with E-state index in [0.717, 1.165) is 12.1 Å². The highest BCUT2D eigenvalue weighted by Crippen LogP contribution is 2.26. The van der Waals surface area contributed by atoms with E-state index in [-0.39, 0.29) is 17.0 Å². The number of ether oxygens (including phenoxy) is 1.